The highest BCUT2D eigenvalue weighted by atomic mass is 16.3. The van der Waals surface area contributed by atoms with E-state index < -0.39 is 6.10 Å². The standard InChI is InChI=1S/C18H24N4O3/c1-13(2)9-18(24)22-8-7-21(10-14(23)11-22)12-15-3-4-17(25-15)16-5-6-19-20-16/h3-6,9,14,23H,7-8,10-12H2,1-2H3,(H,19,20). The number of aliphatic hydroxyl groups excluding tert-OH is 1. The maximum Gasteiger partial charge on any atom is 0.246 e. The monoisotopic (exact) mass is 344 g/mol. The molecule has 0 spiro atoms. The van der Waals surface area contributed by atoms with Gasteiger partial charge in [0.15, 0.2) is 5.76 Å². The summed E-state index contributed by atoms with van der Waals surface area (Å²) < 4.78 is 5.85. The summed E-state index contributed by atoms with van der Waals surface area (Å²) in [5.74, 6) is 1.52. The van der Waals surface area contributed by atoms with Crippen LogP contribution in [0.3, 0.4) is 0 Å². The van der Waals surface area contributed by atoms with Crippen LogP contribution in [0, 0.1) is 0 Å². The third-order valence-corrected chi connectivity index (χ3v) is 4.12. The summed E-state index contributed by atoms with van der Waals surface area (Å²) in [5.41, 5.74) is 1.79. The molecule has 3 heterocycles. The number of aromatic amines is 1. The lowest BCUT2D eigenvalue weighted by atomic mass is 10.2. The molecule has 3 rings (SSSR count). The zero-order valence-electron chi connectivity index (χ0n) is 14.6. The van der Waals surface area contributed by atoms with E-state index in [1.807, 2.05) is 32.0 Å². The summed E-state index contributed by atoms with van der Waals surface area (Å²) in [7, 11) is 0. The molecule has 0 radical (unpaired) electrons. The lowest BCUT2D eigenvalue weighted by molar-refractivity contribution is -0.126. The molecule has 2 N–H and O–H groups in total. The molecule has 1 amide bonds. The van der Waals surface area contributed by atoms with Crippen LogP contribution in [0.5, 0.6) is 0 Å². The number of amides is 1. The van der Waals surface area contributed by atoms with Gasteiger partial charge in [-0.2, -0.15) is 5.10 Å². The van der Waals surface area contributed by atoms with Crippen molar-refractivity contribution in [2.45, 2.75) is 26.5 Å². The van der Waals surface area contributed by atoms with Crippen LogP contribution >= 0.6 is 0 Å². The first-order chi connectivity index (χ1) is 12.0. The molecule has 1 atom stereocenters. The van der Waals surface area contributed by atoms with Crippen molar-refractivity contribution in [2.75, 3.05) is 26.2 Å². The van der Waals surface area contributed by atoms with Gasteiger partial charge in [-0.25, -0.2) is 0 Å². The average Bonchev–Trinajstić information content (AvgIpc) is 3.17. The third kappa shape index (κ3) is 4.58. The van der Waals surface area contributed by atoms with Gasteiger partial charge in [0.1, 0.15) is 11.5 Å². The van der Waals surface area contributed by atoms with Crippen LogP contribution in [0.4, 0.5) is 0 Å². The number of β-amino-alcohol motifs (C(OH)–C–C–N with tert-alkyl or cyclic N) is 1. The van der Waals surface area contributed by atoms with Crippen molar-refractivity contribution in [2.24, 2.45) is 0 Å². The largest absolute Gasteiger partial charge is 0.458 e. The minimum atomic E-state index is -0.570. The fraction of sp³-hybridized carbons (Fsp3) is 0.444. The molecule has 1 saturated heterocycles. The van der Waals surface area contributed by atoms with Crippen molar-refractivity contribution in [3.63, 3.8) is 0 Å². The second-order valence-corrected chi connectivity index (χ2v) is 6.63. The molecule has 0 aliphatic carbocycles. The number of furan rings is 1. The van der Waals surface area contributed by atoms with Gasteiger partial charge in [0, 0.05) is 38.5 Å². The normalized spacial score (nSPS) is 18.8. The molecule has 7 nitrogen and oxygen atoms in total. The van der Waals surface area contributed by atoms with E-state index in [2.05, 4.69) is 15.1 Å². The summed E-state index contributed by atoms with van der Waals surface area (Å²) in [6.45, 7) is 6.54. The quantitative estimate of drug-likeness (QED) is 0.824. The van der Waals surface area contributed by atoms with Gasteiger partial charge in [-0.05, 0) is 32.0 Å². The molecule has 1 fully saturated rings. The zero-order chi connectivity index (χ0) is 17.8. The number of rotatable bonds is 4. The average molecular weight is 344 g/mol. The van der Waals surface area contributed by atoms with Gasteiger partial charge in [0.05, 0.1) is 12.6 Å². The van der Waals surface area contributed by atoms with E-state index in [9.17, 15) is 9.90 Å². The van der Waals surface area contributed by atoms with Crippen LogP contribution < -0.4 is 0 Å². The van der Waals surface area contributed by atoms with Crippen LogP contribution in [0.15, 0.2) is 40.5 Å². The second-order valence-electron chi connectivity index (χ2n) is 6.63. The number of nitrogens with one attached hydrogen (secondary N) is 1. The Hall–Kier alpha value is -2.38. The maximum atomic E-state index is 12.2. The number of allylic oxidation sites excluding steroid dienone is 1. The molecule has 0 bridgehead atoms. The van der Waals surface area contributed by atoms with Gasteiger partial charge in [0.25, 0.3) is 0 Å². The first kappa shape index (κ1) is 17.4. The van der Waals surface area contributed by atoms with Crippen molar-refractivity contribution >= 4 is 5.91 Å². The fourth-order valence-electron chi connectivity index (χ4n) is 2.96. The number of hydrogen-bond acceptors (Lipinski definition) is 5. The van der Waals surface area contributed by atoms with Crippen LogP contribution in [0.1, 0.15) is 19.6 Å². The molecular formula is C18H24N4O3. The first-order valence-corrected chi connectivity index (χ1v) is 8.44. The Morgan fingerprint density at radius 2 is 2.20 bits per heavy atom. The zero-order valence-corrected chi connectivity index (χ0v) is 14.6. The SMILES string of the molecule is CC(C)=CC(=O)N1CCN(Cc2ccc(-c3ccn[nH]3)o2)CC(O)C1. The lowest BCUT2D eigenvalue weighted by Gasteiger charge is -2.20. The topological polar surface area (TPSA) is 85.6 Å². The Morgan fingerprint density at radius 1 is 1.36 bits per heavy atom. The first-order valence-electron chi connectivity index (χ1n) is 8.44. The predicted octanol–water partition coefficient (Wildman–Crippen LogP) is 1.64. The van der Waals surface area contributed by atoms with E-state index in [1.54, 1.807) is 17.2 Å². The van der Waals surface area contributed by atoms with Crippen molar-refractivity contribution in [1.82, 2.24) is 20.0 Å². The van der Waals surface area contributed by atoms with Crippen LogP contribution in [0.2, 0.25) is 0 Å². The van der Waals surface area contributed by atoms with Gasteiger partial charge in [-0.1, -0.05) is 5.57 Å². The van der Waals surface area contributed by atoms with E-state index in [-0.39, 0.29) is 5.91 Å². The van der Waals surface area contributed by atoms with Gasteiger partial charge < -0.3 is 14.4 Å². The number of aliphatic hydroxyl groups is 1. The van der Waals surface area contributed by atoms with E-state index in [4.69, 9.17) is 4.42 Å². The third-order valence-electron chi connectivity index (χ3n) is 4.12. The van der Waals surface area contributed by atoms with Crippen LogP contribution in [-0.2, 0) is 11.3 Å². The van der Waals surface area contributed by atoms with Crippen molar-refractivity contribution in [1.29, 1.82) is 0 Å². The van der Waals surface area contributed by atoms with E-state index in [0.717, 1.165) is 22.8 Å². The minimum Gasteiger partial charge on any atom is -0.458 e. The molecule has 134 valence electrons. The number of carbonyl (C=O) groups excluding carboxylic acids is 1. The Bertz CT molecular complexity index is 731. The van der Waals surface area contributed by atoms with Gasteiger partial charge >= 0.3 is 0 Å². The van der Waals surface area contributed by atoms with E-state index >= 15 is 0 Å². The fourth-order valence-corrected chi connectivity index (χ4v) is 2.96. The summed E-state index contributed by atoms with van der Waals surface area (Å²) in [6, 6.07) is 5.69. The smallest absolute Gasteiger partial charge is 0.246 e. The van der Waals surface area contributed by atoms with Crippen molar-refractivity contribution in [3.05, 3.63) is 41.8 Å². The summed E-state index contributed by atoms with van der Waals surface area (Å²) in [4.78, 5) is 16.0. The Labute approximate surface area is 146 Å². The number of nitrogens with zero attached hydrogens (tertiary/aromatic N) is 3. The number of carbonyl (C=O) groups is 1. The Morgan fingerprint density at radius 3 is 2.92 bits per heavy atom. The minimum absolute atomic E-state index is 0.0413. The van der Waals surface area contributed by atoms with Gasteiger partial charge in [-0.15, -0.1) is 0 Å². The molecular weight excluding hydrogens is 320 g/mol. The molecule has 0 aromatic carbocycles. The molecule has 1 unspecified atom stereocenters. The molecule has 2 aromatic heterocycles. The molecule has 25 heavy (non-hydrogen) atoms. The van der Waals surface area contributed by atoms with E-state index in [0.29, 0.717) is 32.7 Å². The lowest BCUT2D eigenvalue weighted by Crippen LogP contribution is -2.36. The molecule has 7 heteroatoms. The predicted molar refractivity (Wildman–Crippen MR) is 93.6 cm³/mol. The molecule has 1 aliphatic rings. The number of hydrogen-bond donors (Lipinski definition) is 2. The molecule has 1 aliphatic heterocycles. The highest BCUT2D eigenvalue weighted by molar-refractivity contribution is 5.88. The number of aromatic nitrogens is 2. The summed E-state index contributed by atoms with van der Waals surface area (Å²) in [5, 5.41) is 17.0. The highest BCUT2D eigenvalue weighted by Crippen LogP contribution is 2.21. The maximum absolute atomic E-state index is 12.2. The van der Waals surface area contributed by atoms with Crippen molar-refractivity contribution < 1.29 is 14.3 Å². The summed E-state index contributed by atoms with van der Waals surface area (Å²) >= 11 is 0. The second kappa shape index (κ2) is 7.67. The molecule has 0 saturated carbocycles. The van der Waals surface area contributed by atoms with Gasteiger partial charge in [0.2, 0.25) is 5.91 Å². The van der Waals surface area contributed by atoms with Crippen LogP contribution in [0.25, 0.3) is 11.5 Å². The summed E-state index contributed by atoms with van der Waals surface area (Å²) in [6.07, 6.45) is 2.73. The van der Waals surface area contributed by atoms with Crippen LogP contribution in [-0.4, -0.2) is 63.3 Å². The van der Waals surface area contributed by atoms with E-state index in [1.165, 1.54) is 0 Å². The highest BCUT2D eigenvalue weighted by Gasteiger charge is 2.24. The molecule has 2 aromatic rings. The van der Waals surface area contributed by atoms with Gasteiger partial charge in [-0.3, -0.25) is 14.8 Å². The van der Waals surface area contributed by atoms with Crippen molar-refractivity contribution in [3.8, 4) is 11.5 Å². The Kier molecular flexibility index (Phi) is 5.35. The number of H-pyrrole nitrogens is 1. The Balaban J connectivity index is 1.62.